The van der Waals surface area contributed by atoms with Crippen molar-refractivity contribution >= 4 is 11.7 Å². The lowest BCUT2D eigenvalue weighted by Crippen LogP contribution is -2.41. The zero-order valence-corrected chi connectivity index (χ0v) is 15.0. The van der Waals surface area contributed by atoms with Gasteiger partial charge in [-0.2, -0.15) is 13.2 Å². The molecule has 0 aliphatic rings. The molecule has 27 heavy (non-hydrogen) atoms. The zero-order valence-electron chi connectivity index (χ0n) is 15.0. The molecule has 1 N–H and O–H groups in total. The van der Waals surface area contributed by atoms with E-state index < -0.39 is 18.6 Å². The van der Waals surface area contributed by atoms with Gasteiger partial charge in [0.25, 0.3) is 0 Å². The van der Waals surface area contributed by atoms with Crippen molar-refractivity contribution in [2.24, 2.45) is 0 Å². The Labute approximate surface area is 154 Å². The second kappa shape index (κ2) is 9.15. The Morgan fingerprint density at radius 1 is 1.26 bits per heavy atom. The van der Waals surface area contributed by atoms with Gasteiger partial charge in [-0.1, -0.05) is 6.92 Å². The monoisotopic (exact) mass is 383 g/mol. The average Bonchev–Trinajstić information content (AvgIpc) is 2.66. The molecule has 2 heterocycles. The normalized spacial score (nSPS) is 11.1. The lowest BCUT2D eigenvalue weighted by molar-refractivity contribution is -0.137. The first kappa shape index (κ1) is 20.4. The molecule has 2 aromatic heterocycles. The topological polar surface area (TPSA) is 80.2 Å². The number of ether oxygens (including phenoxy) is 1. The summed E-state index contributed by atoms with van der Waals surface area (Å²) < 4.78 is 41.8. The molecule has 0 bridgehead atoms. The van der Waals surface area contributed by atoms with Crippen molar-refractivity contribution in [1.29, 1.82) is 0 Å². The fourth-order valence-electron chi connectivity index (χ4n) is 2.27. The number of halogens is 3. The van der Waals surface area contributed by atoms with Gasteiger partial charge in [-0.05, 0) is 18.6 Å². The fourth-order valence-corrected chi connectivity index (χ4v) is 2.27. The predicted octanol–water partition coefficient (Wildman–Crippen LogP) is 2.44. The zero-order chi connectivity index (χ0) is 19.9. The van der Waals surface area contributed by atoms with Crippen molar-refractivity contribution in [3.05, 3.63) is 30.6 Å². The van der Waals surface area contributed by atoms with Crippen molar-refractivity contribution < 1.29 is 22.7 Å². The lowest BCUT2D eigenvalue weighted by atomic mass is 10.2. The highest BCUT2D eigenvalue weighted by atomic mass is 19.4. The minimum absolute atomic E-state index is 0.235. The number of carbonyl (C=O) groups excluding carboxylic acids is 1. The van der Waals surface area contributed by atoms with Gasteiger partial charge >= 0.3 is 6.18 Å². The number of nitrogens with zero attached hydrogens (tertiary/aromatic N) is 4. The minimum Gasteiger partial charge on any atom is -0.481 e. The van der Waals surface area contributed by atoms with Crippen LogP contribution in [0.15, 0.2) is 30.6 Å². The molecule has 0 atom stereocenters. The van der Waals surface area contributed by atoms with Gasteiger partial charge in [0.15, 0.2) is 5.82 Å². The summed E-state index contributed by atoms with van der Waals surface area (Å²) in [6.07, 6.45) is -0.680. The Hall–Kier alpha value is -2.91. The molecule has 0 aromatic carbocycles. The van der Waals surface area contributed by atoms with E-state index in [-0.39, 0.29) is 6.54 Å². The van der Waals surface area contributed by atoms with Gasteiger partial charge in [-0.3, -0.25) is 4.79 Å². The smallest absolute Gasteiger partial charge is 0.405 e. The number of pyridine rings is 1. The van der Waals surface area contributed by atoms with E-state index in [1.807, 2.05) is 12.2 Å². The van der Waals surface area contributed by atoms with E-state index in [0.29, 0.717) is 36.1 Å². The van der Waals surface area contributed by atoms with Crippen molar-refractivity contribution in [3.8, 4) is 17.3 Å². The van der Waals surface area contributed by atoms with Crippen LogP contribution >= 0.6 is 0 Å². The molecular formula is C17H20F3N5O2. The molecule has 2 aromatic rings. The van der Waals surface area contributed by atoms with Gasteiger partial charge in [0, 0.05) is 30.6 Å². The van der Waals surface area contributed by atoms with Crippen LogP contribution in [0.3, 0.4) is 0 Å². The Morgan fingerprint density at radius 2 is 2.04 bits per heavy atom. The molecule has 0 aliphatic carbocycles. The van der Waals surface area contributed by atoms with Crippen LogP contribution in [0, 0.1) is 0 Å². The molecule has 2 rings (SSSR count). The average molecular weight is 383 g/mol. The van der Waals surface area contributed by atoms with E-state index >= 15 is 0 Å². The van der Waals surface area contributed by atoms with Crippen molar-refractivity contribution in [1.82, 2.24) is 20.3 Å². The summed E-state index contributed by atoms with van der Waals surface area (Å²) in [6.45, 7) is 0.756. The second-order valence-corrected chi connectivity index (χ2v) is 5.64. The van der Waals surface area contributed by atoms with Crippen LogP contribution in [-0.4, -0.2) is 53.8 Å². The highest BCUT2D eigenvalue weighted by Gasteiger charge is 2.28. The van der Waals surface area contributed by atoms with Gasteiger partial charge in [0.05, 0.1) is 13.7 Å². The van der Waals surface area contributed by atoms with E-state index in [0.717, 1.165) is 0 Å². The number of hydrogen-bond acceptors (Lipinski definition) is 6. The SMILES string of the molecule is CCCN(CC(=O)NCC(F)(F)F)c1ccnc(-c2ccc(OC)nc2)n1. The molecular weight excluding hydrogens is 363 g/mol. The van der Waals surface area contributed by atoms with Crippen LogP contribution in [0.2, 0.25) is 0 Å². The standard InChI is InChI=1S/C17H20F3N5O2/c1-3-8-25(10-14(26)23-11-17(18,19)20)13-6-7-21-16(24-13)12-4-5-15(27-2)22-9-12/h4-7,9H,3,8,10-11H2,1-2H3,(H,23,26). The Bertz CT molecular complexity index is 753. The number of hydrogen-bond donors (Lipinski definition) is 1. The minimum atomic E-state index is -4.45. The van der Waals surface area contributed by atoms with Crippen LogP contribution in [0.4, 0.5) is 19.0 Å². The molecule has 7 nitrogen and oxygen atoms in total. The summed E-state index contributed by atoms with van der Waals surface area (Å²) in [7, 11) is 1.51. The molecule has 0 unspecified atom stereocenters. The Kier molecular flexibility index (Phi) is 6.91. The summed E-state index contributed by atoms with van der Waals surface area (Å²) in [4.78, 5) is 26.2. The van der Waals surface area contributed by atoms with Crippen LogP contribution in [0.25, 0.3) is 11.4 Å². The van der Waals surface area contributed by atoms with E-state index in [2.05, 4.69) is 15.0 Å². The Balaban J connectivity index is 2.15. The largest absolute Gasteiger partial charge is 0.481 e. The third kappa shape index (κ3) is 6.39. The van der Waals surface area contributed by atoms with Gasteiger partial charge in [0.2, 0.25) is 11.8 Å². The highest BCUT2D eigenvalue weighted by Crippen LogP contribution is 2.19. The maximum absolute atomic E-state index is 12.3. The van der Waals surface area contributed by atoms with Crippen molar-refractivity contribution in [2.75, 3.05) is 31.6 Å². The summed E-state index contributed by atoms with van der Waals surface area (Å²) in [6, 6.07) is 5.01. The van der Waals surface area contributed by atoms with Crippen LogP contribution in [0.1, 0.15) is 13.3 Å². The maximum atomic E-state index is 12.3. The fraction of sp³-hybridized carbons (Fsp3) is 0.412. The van der Waals surface area contributed by atoms with E-state index in [4.69, 9.17) is 4.74 Å². The summed E-state index contributed by atoms with van der Waals surface area (Å²) in [5.74, 6) is 0.551. The van der Waals surface area contributed by atoms with Gasteiger partial charge in [-0.15, -0.1) is 0 Å². The quantitative estimate of drug-likeness (QED) is 0.754. The number of aromatic nitrogens is 3. The molecule has 0 spiro atoms. The maximum Gasteiger partial charge on any atom is 0.405 e. The molecule has 0 radical (unpaired) electrons. The molecule has 0 saturated heterocycles. The van der Waals surface area contributed by atoms with Gasteiger partial charge in [0.1, 0.15) is 12.4 Å². The number of alkyl halides is 3. The summed E-state index contributed by atoms with van der Waals surface area (Å²) in [5.41, 5.74) is 0.649. The number of carbonyl (C=O) groups is 1. The summed E-state index contributed by atoms with van der Waals surface area (Å²) >= 11 is 0. The summed E-state index contributed by atoms with van der Waals surface area (Å²) in [5, 5.41) is 1.87. The molecule has 10 heteroatoms. The number of anilines is 1. The van der Waals surface area contributed by atoms with Gasteiger partial charge in [-0.25, -0.2) is 15.0 Å². The van der Waals surface area contributed by atoms with E-state index in [1.54, 1.807) is 29.3 Å². The predicted molar refractivity (Wildman–Crippen MR) is 93.4 cm³/mol. The number of rotatable bonds is 8. The van der Waals surface area contributed by atoms with Crippen LogP contribution in [-0.2, 0) is 4.79 Å². The van der Waals surface area contributed by atoms with Crippen molar-refractivity contribution in [3.63, 3.8) is 0 Å². The first-order valence-corrected chi connectivity index (χ1v) is 8.24. The molecule has 1 amide bonds. The Morgan fingerprint density at radius 3 is 2.63 bits per heavy atom. The third-order valence-electron chi connectivity index (χ3n) is 3.48. The van der Waals surface area contributed by atoms with Gasteiger partial charge < -0.3 is 15.0 Å². The highest BCUT2D eigenvalue weighted by molar-refractivity contribution is 5.81. The first-order chi connectivity index (χ1) is 12.8. The van der Waals surface area contributed by atoms with Crippen LogP contribution in [0.5, 0.6) is 5.88 Å². The second-order valence-electron chi connectivity index (χ2n) is 5.64. The van der Waals surface area contributed by atoms with E-state index in [1.165, 1.54) is 13.3 Å². The molecule has 0 fully saturated rings. The number of nitrogens with one attached hydrogen (secondary N) is 1. The third-order valence-corrected chi connectivity index (χ3v) is 3.48. The molecule has 146 valence electrons. The molecule has 0 aliphatic heterocycles. The van der Waals surface area contributed by atoms with Crippen molar-refractivity contribution in [2.45, 2.75) is 19.5 Å². The number of methoxy groups -OCH3 is 1. The first-order valence-electron chi connectivity index (χ1n) is 8.24. The van der Waals surface area contributed by atoms with Crippen LogP contribution < -0.4 is 15.0 Å². The lowest BCUT2D eigenvalue weighted by Gasteiger charge is -2.23. The van der Waals surface area contributed by atoms with E-state index in [9.17, 15) is 18.0 Å². The number of amides is 1. The molecule has 0 saturated carbocycles.